The number of benzene rings is 2. The molecule has 0 aliphatic carbocycles. The van der Waals surface area contributed by atoms with Gasteiger partial charge in [0.2, 0.25) is 0 Å². The Morgan fingerprint density at radius 3 is 2.55 bits per heavy atom. The summed E-state index contributed by atoms with van der Waals surface area (Å²) in [7, 11) is 0. The predicted molar refractivity (Wildman–Crippen MR) is 186 cm³/mol. The minimum Gasteiger partial charge on any atom is -0.463 e. The average Bonchev–Trinajstić information content (AvgIpc) is 3.07. The maximum absolute atomic E-state index is 15.4. The van der Waals surface area contributed by atoms with Crippen molar-refractivity contribution in [3.8, 4) is 0 Å². The number of pyridine rings is 1. The summed E-state index contributed by atoms with van der Waals surface area (Å²) < 4.78 is 46.3. The second-order valence-electron chi connectivity index (χ2n) is 13.3. The molecule has 2 aromatic carbocycles. The van der Waals surface area contributed by atoms with Crippen LogP contribution in [0.3, 0.4) is 0 Å². The molecule has 1 amide bonds. The molecule has 1 aliphatic heterocycles. The molecule has 1 aromatic heterocycles. The third kappa shape index (κ3) is 11.2. The number of carbonyl (C=O) groups excluding carboxylic acids is 3. The van der Waals surface area contributed by atoms with Crippen molar-refractivity contribution in [1.82, 2.24) is 9.88 Å². The first-order chi connectivity index (χ1) is 24.3. The van der Waals surface area contributed by atoms with Gasteiger partial charge in [-0.15, -0.1) is 0 Å². The lowest BCUT2D eigenvalue weighted by molar-refractivity contribution is -0.149. The molecule has 1 fully saturated rings. The van der Waals surface area contributed by atoms with E-state index in [9.17, 15) is 24.3 Å². The molecule has 3 aromatic rings. The molecule has 51 heavy (non-hydrogen) atoms. The Balaban J connectivity index is 1.54. The number of rotatable bonds is 14. The lowest BCUT2D eigenvalue weighted by atomic mass is 9.82. The van der Waals surface area contributed by atoms with Crippen molar-refractivity contribution in [3.63, 3.8) is 0 Å². The molecule has 4 atom stereocenters. The van der Waals surface area contributed by atoms with Gasteiger partial charge in [-0.2, -0.15) is 0 Å². The number of esters is 1. The van der Waals surface area contributed by atoms with Crippen LogP contribution in [0.15, 0.2) is 66.0 Å². The van der Waals surface area contributed by atoms with E-state index in [4.69, 9.17) is 25.8 Å². The maximum Gasteiger partial charge on any atom is 0.410 e. The zero-order valence-corrected chi connectivity index (χ0v) is 29.8. The second-order valence-corrected chi connectivity index (χ2v) is 13.8. The number of carbonyl (C=O) groups is 3. The van der Waals surface area contributed by atoms with Gasteiger partial charge >= 0.3 is 12.1 Å². The third-order valence-electron chi connectivity index (χ3n) is 8.32. The van der Waals surface area contributed by atoms with Crippen molar-refractivity contribution in [2.45, 2.75) is 89.5 Å². The zero-order valence-electron chi connectivity index (χ0n) is 29.1. The van der Waals surface area contributed by atoms with E-state index in [1.54, 1.807) is 45.0 Å². The summed E-state index contributed by atoms with van der Waals surface area (Å²) >= 11 is 6.27. The quantitative estimate of drug-likeness (QED) is 0.0711. The number of aromatic nitrogens is 1. The fraction of sp³-hybridized carbons (Fsp3) is 0.459. The first-order valence-electron chi connectivity index (χ1n) is 16.8. The van der Waals surface area contributed by atoms with Crippen molar-refractivity contribution in [2.75, 3.05) is 19.8 Å². The molecular weight excluding hydrogens is 684 g/mol. The first kappa shape index (κ1) is 39.2. The molecule has 0 bridgehead atoms. The first-order valence-corrected chi connectivity index (χ1v) is 17.1. The molecule has 0 saturated carbocycles. The van der Waals surface area contributed by atoms with Crippen LogP contribution in [-0.2, 0) is 36.6 Å². The molecular formula is C37H42ClF2N5O6. The molecule has 4 rings (SSSR count). The minimum absolute atomic E-state index is 0.0590. The molecule has 1 saturated heterocycles. The monoisotopic (exact) mass is 725 g/mol. The van der Waals surface area contributed by atoms with Crippen LogP contribution in [0.2, 0.25) is 5.02 Å². The molecule has 14 heteroatoms. The Morgan fingerprint density at radius 1 is 1.14 bits per heavy atom. The van der Waals surface area contributed by atoms with Gasteiger partial charge in [-0.05, 0) is 92.1 Å². The van der Waals surface area contributed by atoms with Gasteiger partial charge in [0.1, 0.15) is 35.7 Å². The lowest BCUT2D eigenvalue weighted by Gasteiger charge is -2.40. The highest BCUT2D eigenvalue weighted by molar-refractivity contribution is 6.30. The van der Waals surface area contributed by atoms with E-state index in [0.29, 0.717) is 28.1 Å². The van der Waals surface area contributed by atoms with Gasteiger partial charge in [-0.25, -0.2) is 13.6 Å². The highest BCUT2D eigenvalue weighted by Gasteiger charge is 2.36. The number of morpholine rings is 1. The number of ether oxygens (including phenoxy) is 3. The van der Waals surface area contributed by atoms with Gasteiger partial charge in [0.05, 0.1) is 31.5 Å². The molecule has 0 spiro atoms. The number of ketones is 1. The summed E-state index contributed by atoms with van der Waals surface area (Å²) in [5, 5.41) is 4.26. The molecule has 0 unspecified atom stereocenters. The second kappa shape index (κ2) is 18.1. The van der Waals surface area contributed by atoms with Gasteiger partial charge in [0.25, 0.3) is 0 Å². The maximum atomic E-state index is 15.4. The minimum atomic E-state index is -1.29. The van der Waals surface area contributed by atoms with Crippen LogP contribution in [-0.4, -0.2) is 71.3 Å². The van der Waals surface area contributed by atoms with Gasteiger partial charge in [0.15, 0.2) is 0 Å². The van der Waals surface area contributed by atoms with Crippen LogP contribution < -0.4 is 0 Å². The van der Waals surface area contributed by atoms with E-state index in [1.807, 2.05) is 6.92 Å². The Hall–Kier alpha value is -4.58. The van der Waals surface area contributed by atoms with E-state index in [-0.39, 0.29) is 57.0 Å². The number of nitrogens with zero attached hydrogens (tertiary/aromatic N) is 5. The van der Waals surface area contributed by atoms with Crippen LogP contribution in [0.4, 0.5) is 13.6 Å². The van der Waals surface area contributed by atoms with E-state index < -0.39 is 53.2 Å². The average molecular weight is 726 g/mol. The molecule has 11 nitrogen and oxygen atoms in total. The van der Waals surface area contributed by atoms with Crippen LogP contribution in [0.25, 0.3) is 10.4 Å². The van der Waals surface area contributed by atoms with Crippen LogP contribution in [0, 0.1) is 11.6 Å². The van der Waals surface area contributed by atoms with E-state index in [1.165, 1.54) is 35.4 Å². The highest BCUT2D eigenvalue weighted by atomic mass is 35.5. The normalized spacial score (nSPS) is 17.2. The molecule has 0 N–H and O–H groups in total. The third-order valence-corrected chi connectivity index (χ3v) is 8.55. The highest BCUT2D eigenvalue weighted by Crippen LogP contribution is 2.33. The number of hydrogen-bond acceptors (Lipinski definition) is 8. The zero-order chi connectivity index (χ0) is 37.1. The molecule has 1 aliphatic rings. The number of amides is 1. The summed E-state index contributed by atoms with van der Waals surface area (Å²) in [4.78, 5) is 47.6. The number of azide groups is 1. The van der Waals surface area contributed by atoms with Crippen LogP contribution in [0.1, 0.15) is 75.1 Å². The molecule has 2 heterocycles. The van der Waals surface area contributed by atoms with Crippen molar-refractivity contribution in [1.29, 1.82) is 0 Å². The number of halogens is 3. The Morgan fingerprint density at radius 2 is 1.88 bits per heavy atom. The predicted octanol–water partition coefficient (Wildman–Crippen LogP) is 7.92. The lowest BCUT2D eigenvalue weighted by Crippen LogP contribution is -2.55. The Bertz CT molecular complexity index is 1730. The Labute approximate surface area is 300 Å². The van der Waals surface area contributed by atoms with Gasteiger partial charge < -0.3 is 14.2 Å². The summed E-state index contributed by atoms with van der Waals surface area (Å²) in [6.45, 7) is 7.21. The summed E-state index contributed by atoms with van der Waals surface area (Å²) in [6.07, 6.45) is 2.28. The summed E-state index contributed by atoms with van der Waals surface area (Å²) in [6, 6.07) is 10.4. The molecule has 0 radical (unpaired) electrons. The van der Waals surface area contributed by atoms with Gasteiger partial charge in [0, 0.05) is 34.9 Å². The van der Waals surface area contributed by atoms with Crippen molar-refractivity contribution >= 4 is 29.4 Å². The van der Waals surface area contributed by atoms with Gasteiger partial charge in [-0.3, -0.25) is 19.5 Å². The topological polar surface area (TPSA) is 144 Å². The standard InChI is InChI=1S/C37H42ClF2N5O6/c1-5-7-33(47)50-22-28-21-49-29(20-45(28)36(48)51-37(2,3)4)14-15-30-25(18-42-19-31(30)40)17-32(46)35(43-44-41)34(23-10-12-27(39)13-11-23)24-8-6-9-26(38)16-24/h6,8-13,16,18-19,28-29,34-35H,5,7,14-15,17,20-22H2,1-4H3/t28-,29+,34-,35+/m0/s1. The van der Waals surface area contributed by atoms with Crippen LogP contribution >= 0.6 is 11.6 Å². The number of hydrogen-bond donors (Lipinski definition) is 0. The van der Waals surface area contributed by atoms with E-state index in [2.05, 4.69) is 15.0 Å². The molecule has 272 valence electrons. The van der Waals surface area contributed by atoms with Crippen molar-refractivity contribution in [2.24, 2.45) is 5.11 Å². The van der Waals surface area contributed by atoms with E-state index >= 15 is 4.39 Å². The van der Waals surface area contributed by atoms with Gasteiger partial charge in [-0.1, -0.05) is 47.9 Å². The smallest absolute Gasteiger partial charge is 0.410 e. The SMILES string of the molecule is CCCC(=O)OC[C@@H]1CO[C@H](CCc2c(F)cncc2CC(=O)[C@@H](N=[N+]=[N-])[C@@H](c2ccc(F)cc2)c2cccc(Cl)c2)CN1C(=O)OC(C)(C)C. The largest absolute Gasteiger partial charge is 0.463 e. The van der Waals surface area contributed by atoms with Crippen molar-refractivity contribution in [3.05, 3.63) is 110 Å². The number of Topliss-reactive ketones (excluding diaryl/α,β-unsaturated/α-hetero) is 1. The Kier molecular flexibility index (Phi) is 13.9. The van der Waals surface area contributed by atoms with Crippen molar-refractivity contribution < 1.29 is 37.4 Å². The van der Waals surface area contributed by atoms with Crippen LogP contribution in [0.5, 0.6) is 0 Å². The summed E-state index contributed by atoms with van der Waals surface area (Å²) in [5.74, 6) is -2.82. The fourth-order valence-electron chi connectivity index (χ4n) is 5.91. The van der Waals surface area contributed by atoms with E-state index in [0.717, 1.165) is 6.20 Å². The summed E-state index contributed by atoms with van der Waals surface area (Å²) in [5.41, 5.74) is 10.4. The fourth-order valence-corrected chi connectivity index (χ4v) is 6.11.